The van der Waals surface area contributed by atoms with Gasteiger partial charge in [-0.15, -0.1) is 11.3 Å². The van der Waals surface area contributed by atoms with Crippen molar-refractivity contribution in [3.8, 4) is 0 Å². The molecule has 2 aromatic rings. The SMILES string of the molecule is Cc1nc2sc3c(c2c(=O)n1NC(=O)CC12CC4CC(CC(C4)C1)C2)CCC3. The Hall–Kier alpha value is -1.69. The molecule has 0 saturated heterocycles. The monoisotopic (exact) mass is 397 g/mol. The van der Waals surface area contributed by atoms with Crippen LogP contribution in [0.25, 0.3) is 10.2 Å². The average molecular weight is 398 g/mol. The third kappa shape index (κ3) is 2.53. The van der Waals surface area contributed by atoms with E-state index in [1.54, 1.807) is 11.3 Å². The Morgan fingerprint density at radius 2 is 1.86 bits per heavy atom. The van der Waals surface area contributed by atoms with Crippen molar-refractivity contribution in [3.05, 3.63) is 26.6 Å². The fourth-order valence-corrected chi connectivity index (χ4v) is 8.59. The molecule has 0 aromatic carbocycles. The van der Waals surface area contributed by atoms with Gasteiger partial charge in [0.2, 0.25) is 5.91 Å². The zero-order valence-electron chi connectivity index (χ0n) is 16.4. The van der Waals surface area contributed by atoms with Crippen molar-refractivity contribution in [2.24, 2.45) is 23.2 Å². The highest BCUT2D eigenvalue weighted by Crippen LogP contribution is 2.61. The normalized spacial score (nSPS) is 32.8. The van der Waals surface area contributed by atoms with Gasteiger partial charge in [0.05, 0.1) is 5.39 Å². The number of aryl methyl sites for hydroxylation is 3. The van der Waals surface area contributed by atoms with E-state index in [1.807, 2.05) is 6.92 Å². The average Bonchev–Trinajstić information content (AvgIpc) is 3.17. The van der Waals surface area contributed by atoms with Gasteiger partial charge in [-0.05, 0) is 93.4 Å². The van der Waals surface area contributed by atoms with E-state index in [4.69, 9.17) is 0 Å². The number of hydrogen-bond donors (Lipinski definition) is 1. The van der Waals surface area contributed by atoms with Crippen molar-refractivity contribution in [1.29, 1.82) is 0 Å². The van der Waals surface area contributed by atoms with Crippen LogP contribution in [-0.2, 0) is 17.6 Å². The molecule has 0 unspecified atom stereocenters. The van der Waals surface area contributed by atoms with Crippen molar-refractivity contribution in [2.75, 3.05) is 5.43 Å². The Labute approximate surface area is 168 Å². The molecule has 4 fully saturated rings. The lowest BCUT2D eigenvalue weighted by Crippen LogP contribution is -2.48. The van der Waals surface area contributed by atoms with Crippen molar-refractivity contribution in [1.82, 2.24) is 9.66 Å². The molecule has 1 N–H and O–H groups in total. The van der Waals surface area contributed by atoms with Gasteiger partial charge in [0, 0.05) is 11.3 Å². The van der Waals surface area contributed by atoms with Crippen LogP contribution in [0.2, 0.25) is 0 Å². The molecule has 7 rings (SSSR count). The number of thiophene rings is 1. The summed E-state index contributed by atoms with van der Waals surface area (Å²) in [6.45, 7) is 1.82. The van der Waals surface area contributed by atoms with Crippen LogP contribution in [0, 0.1) is 30.1 Å². The van der Waals surface area contributed by atoms with E-state index in [9.17, 15) is 9.59 Å². The number of nitrogens with zero attached hydrogens (tertiary/aromatic N) is 2. The minimum absolute atomic E-state index is 0.0137. The first kappa shape index (κ1) is 17.2. The van der Waals surface area contributed by atoms with E-state index in [0.717, 1.165) is 47.2 Å². The Bertz CT molecular complexity index is 1010. The first-order valence-corrected chi connectivity index (χ1v) is 11.7. The van der Waals surface area contributed by atoms with Gasteiger partial charge < -0.3 is 0 Å². The molecule has 0 radical (unpaired) electrons. The van der Waals surface area contributed by atoms with E-state index in [0.29, 0.717) is 12.2 Å². The van der Waals surface area contributed by atoms with Crippen LogP contribution in [-0.4, -0.2) is 15.6 Å². The predicted octanol–water partition coefficient (Wildman–Crippen LogP) is 3.93. The lowest BCUT2D eigenvalue weighted by atomic mass is 9.49. The zero-order chi connectivity index (χ0) is 19.0. The molecule has 1 amide bonds. The number of aromatic nitrogens is 2. The number of hydrogen-bond acceptors (Lipinski definition) is 4. The van der Waals surface area contributed by atoms with Gasteiger partial charge in [0.1, 0.15) is 10.7 Å². The van der Waals surface area contributed by atoms with Gasteiger partial charge in [0.25, 0.3) is 5.56 Å². The molecular weight excluding hydrogens is 370 g/mol. The maximum Gasteiger partial charge on any atom is 0.281 e. The first-order chi connectivity index (χ1) is 13.5. The molecule has 4 bridgehead atoms. The van der Waals surface area contributed by atoms with Crippen LogP contribution in [0.5, 0.6) is 0 Å². The number of carbonyl (C=O) groups is 1. The van der Waals surface area contributed by atoms with Gasteiger partial charge in [0.15, 0.2) is 0 Å². The molecule has 0 spiro atoms. The predicted molar refractivity (Wildman–Crippen MR) is 110 cm³/mol. The van der Waals surface area contributed by atoms with Crippen molar-refractivity contribution >= 4 is 27.5 Å². The van der Waals surface area contributed by atoms with Crippen molar-refractivity contribution in [3.63, 3.8) is 0 Å². The third-order valence-corrected chi connectivity index (χ3v) is 9.03. The highest BCUT2D eigenvalue weighted by Gasteiger charge is 2.51. The quantitative estimate of drug-likeness (QED) is 0.853. The second kappa shape index (κ2) is 5.91. The van der Waals surface area contributed by atoms with Crippen molar-refractivity contribution < 1.29 is 4.79 Å². The Morgan fingerprint density at radius 1 is 1.18 bits per heavy atom. The van der Waals surface area contributed by atoms with Gasteiger partial charge in [-0.2, -0.15) is 0 Å². The second-order valence-electron chi connectivity index (χ2n) is 9.97. The number of nitrogens with one attached hydrogen (secondary N) is 1. The fraction of sp³-hybridized carbons (Fsp3) is 0.682. The summed E-state index contributed by atoms with van der Waals surface area (Å²) in [5, 5.41) is 0.734. The maximum atomic E-state index is 13.2. The summed E-state index contributed by atoms with van der Waals surface area (Å²) >= 11 is 1.65. The van der Waals surface area contributed by atoms with Crippen LogP contribution >= 0.6 is 11.3 Å². The van der Waals surface area contributed by atoms with Gasteiger partial charge in [-0.3, -0.25) is 15.0 Å². The summed E-state index contributed by atoms with van der Waals surface area (Å²) in [6, 6.07) is 0. The van der Waals surface area contributed by atoms with E-state index in [2.05, 4.69) is 10.4 Å². The van der Waals surface area contributed by atoms with E-state index in [-0.39, 0.29) is 16.9 Å². The molecule has 5 aliphatic carbocycles. The Balaban J connectivity index is 1.29. The number of carbonyl (C=O) groups excluding carboxylic acids is 1. The van der Waals surface area contributed by atoms with Crippen LogP contribution < -0.4 is 11.0 Å². The van der Waals surface area contributed by atoms with Crippen LogP contribution in [0.15, 0.2) is 4.79 Å². The Morgan fingerprint density at radius 3 is 2.54 bits per heavy atom. The zero-order valence-corrected chi connectivity index (χ0v) is 17.2. The number of fused-ring (bicyclic) bond motifs is 3. The summed E-state index contributed by atoms with van der Waals surface area (Å²) in [7, 11) is 0. The van der Waals surface area contributed by atoms with Crippen LogP contribution in [0.1, 0.15) is 67.6 Å². The third-order valence-electron chi connectivity index (χ3n) is 7.84. The lowest BCUT2D eigenvalue weighted by Gasteiger charge is -2.56. The molecule has 5 aliphatic rings. The second-order valence-corrected chi connectivity index (χ2v) is 11.1. The smallest absolute Gasteiger partial charge is 0.273 e. The summed E-state index contributed by atoms with van der Waals surface area (Å²) in [5.41, 5.74) is 4.18. The first-order valence-electron chi connectivity index (χ1n) is 10.8. The molecule has 4 saturated carbocycles. The molecule has 0 atom stereocenters. The van der Waals surface area contributed by atoms with Gasteiger partial charge in [-0.25, -0.2) is 9.66 Å². The fourth-order valence-electron chi connectivity index (χ4n) is 7.29. The van der Waals surface area contributed by atoms with Crippen LogP contribution in [0.3, 0.4) is 0 Å². The van der Waals surface area contributed by atoms with E-state index >= 15 is 0 Å². The molecule has 6 heteroatoms. The van der Waals surface area contributed by atoms with Gasteiger partial charge in [-0.1, -0.05) is 0 Å². The standard InChI is InChI=1S/C22H27N3O2S/c1-12-23-20-19(16-3-2-4-17(16)28-20)21(27)25(12)24-18(26)11-22-8-13-5-14(9-22)7-15(6-13)10-22/h13-15H,2-11H2,1H3,(H,24,26). The van der Waals surface area contributed by atoms with E-state index < -0.39 is 0 Å². The lowest BCUT2D eigenvalue weighted by molar-refractivity contribution is -0.125. The molecular formula is C22H27N3O2S. The molecule has 0 aliphatic heterocycles. The topological polar surface area (TPSA) is 64.0 Å². The molecule has 5 nitrogen and oxygen atoms in total. The maximum absolute atomic E-state index is 13.2. The van der Waals surface area contributed by atoms with Gasteiger partial charge >= 0.3 is 0 Å². The largest absolute Gasteiger partial charge is 0.281 e. The van der Waals surface area contributed by atoms with Crippen molar-refractivity contribution in [2.45, 2.75) is 71.1 Å². The molecule has 2 heterocycles. The summed E-state index contributed by atoms with van der Waals surface area (Å²) in [5.74, 6) is 3.05. The Kier molecular flexibility index (Phi) is 3.63. The summed E-state index contributed by atoms with van der Waals surface area (Å²) in [6.07, 6.45) is 11.4. The van der Waals surface area contributed by atoms with Crippen LogP contribution in [0.4, 0.5) is 0 Å². The highest BCUT2D eigenvalue weighted by molar-refractivity contribution is 7.18. The molecule has 28 heavy (non-hydrogen) atoms. The number of rotatable bonds is 3. The minimum Gasteiger partial charge on any atom is -0.273 e. The summed E-state index contributed by atoms with van der Waals surface area (Å²) in [4.78, 5) is 33.0. The number of amides is 1. The molecule has 148 valence electrons. The highest BCUT2D eigenvalue weighted by atomic mass is 32.1. The summed E-state index contributed by atoms with van der Waals surface area (Å²) < 4.78 is 1.41. The molecule has 2 aromatic heterocycles. The van der Waals surface area contributed by atoms with E-state index in [1.165, 1.54) is 53.6 Å². The minimum atomic E-state index is -0.0965.